The van der Waals surface area contributed by atoms with E-state index in [0.29, 0.717) is 0 Å². The van der Waals surface area contributed by atoms with Crippen molar-refractivity contribution in [2.75, 3.05) is 0 Å². The van der Waals surface area contributed by atoms with E-state index in [4.69, 9.17) is 0 Å². The average Bonchev–Trinajstić information content (AvgIpc) is 2.50. The van der Waals surface area contributed by atoms with E-state index in [1.165, 1.54) is 0 Å². The molecule has 23 heavy (non-hydrogen) atoms. The van der Waals surface area contributed by atoms with E-state index in [9.17, 15) is 13.2 Å². The number of hydrogen-bond acceptors (Lipinski definition) is 2. The third kappa shape index (κ3) is 3.09. The molecule has 0 fully saturated rings. The first-order valence-electron chi connectivity index (χ1n) is 7.38. The average molecular weight is 385 g/mol. The van der Waals surface area contributed by atoms with Gasteiger partial charge in [-0.05, 0) is 18.6 Å². The van der Waals surface area contributed by atoms with Crippen LogP contribution in [0.4, 0.5) is 13.2 Å². The molecule has 0 amide bonds. The Labute approximate surface area is 141 Å². The lowest BCUT2D eigenvalue weighted by molar-refractivity contribution is 0.339. The van der Waals surface area contributed by atoms with Gasteiger partial charge < -0.3 is 0 Å². The number of rotatable bonds is 2. The van der Waals surface area contributed by atoms with E-state index in [1.54, 1.807) is 0 Å². The summed E-state index contributed by atoms with van der Waals surface area (Å²) in [6, 6.07) is 9.44. The van der Waals surface area contributed by atoms with Gasteiger partial charge in [-0.2, -0.15) is 5.10 Å². The van der Waals surface area contributed by atoms with Crippen molar-refractivity contribution in [3.8, 4) is 0 Å². The number of hydrogen-bond donors (Lipinski definition) is 1. The molecule has 0 aromatic heterocycles. The van der Waals surface area contributed by atoms with Gasteiger partial charge in [0, 0.05) is 29.5 Å². The third-order valence-electron chi connectivity index (χ3n) is 4.23. The van der Waals surface area contributed by atoms with E-state index in [1.807, 2.05) is 37.3 Å². The molecular formula is C17H16BrF3N2. The fourth-order valence-corrected chi connectivity index (χ4v) is 3.89. The van der Waals surface area contributed by atoms with Crippen LogP contribution in [0.15, 0.2) is 58.7 Å². The van der Waals surface area contributed by atoms with Crippen molar-refractivity contribution in [1.82, 2.24) is 5.43 Å². The summed E-state index contributed by atoms with van der Waals surface area (Å²) in [5, 5.41) is 4.24. The Morgan fingerprint density at radius 2 is 1.91 bits per heavy atom. The normalized spacial score (nSPS) is 31.3. The van der Waals surface area contributed by atoms with Crippen LogP contribution in [0, 0.1) is 5.92 Å². The molecular weight excluding hydrogens is 369 g/mol. The summed E-state index contributed by atoms with van der Waals surface area (Å²) in [7, 11) is 0. The first kappa shape index (κ1) is 16.3. The highest BCUT2D eigenvalue weighted by molar-refractivity contribution is 9.09. The molecule has 2 nitrogen and oxygen atoms in total. The number of nitrogens with one attached hydrogen (secondary N) is 1. The number of benzene rings is 1. The lowest BCUT2D eigenvalue weighted by atomic mass is 9.75. The Morgan fingerprint density at radius 3 is 2.57 bits per heavy atom. The Morgan fingerprint density at radius 1 is 1.22 bits per heavy atom. The maximum Gasteiger partial charge on any atom is 0.128 e. The number of halogens is 4. The summed E-state index contributed by atoms with van der Waals surface area (Å²) in [6.07, 6.45) is -1.19. The molecule has 1 N–H and O–H groups in total. The van der Waals surface area contributed by atoms with Gasteiger partial charge in [0.05, 0.1) is 0 Å². The van der Waals surface area contributed by atoms with Gasteiger partial charge in [-0.15, -0.1) is 0 Å². The van der Waals surface area contributed by atoms with E-state index >= 15 is 0 Å². The predicted molar refractivity (Wildman–Crippen MR) is 88.5 cm³/mol. The molecule has 4 unspecified atom stereocenters. The minimum absolute atomic E-state index is 0.0728. The second-order valence-electron chi connectivity index (χ2n) is 5.75. The van der Waals surface area contributed by atoms with Crippen LogP contribution in [-0.4, -0.2) is 16.8 Å². The number of nitrogens with zero attached hydrogens (tertiary/aromatic N) is 1. The molecule has 1 heterocycles. The van der Waals surface area contributed by atoms with Gasteiger partial charge >= 0.3 is 0 Å². The van der Waals surface area contributed by atoms with Crippen molar-refractivity contribution in [2.24, 2.45) is 11.0 Å². The lowest BCUT2D eigenvalue weighted by Crippen LogP contribution is -2.41. The predicted octanol–water partition coefficient (Wildman–Crippen LogP) is 4.91. The zero-order chi connectivity index (χ0) is 16.6. The largest absolute Gasteiger partial charge is 0.296 e. The van der Waals surface area contributed by atoms with Crippen LogP contribution in [0.2, 0.25) is 0 Å². The van der Waals surface area contributed by atoms with Crippen molar-refractivity contribution >= 4 is 21.6 Å². The molecule has 1 aromatic rings. The second kappa shape index (κ2) is 6.51. The fraction of sp³-hybridized carbons (Fsp3) is 0.353. The van der Waals surface area contributed by atoms with Crippen LogP contribution in [0.1, 0.15) is 24.8 Å². The Bertz CT molecular complexity index is 684. The van der Waals surface area contributed by atoms with Crippen molar-refractivity contribution in [3.63, 3.8) is 0 Å². The summed E-state index contributed by atoms with van der Waals surface area (Å²) in [4.78, 5) is -0.451. The maximum atomic E-state index is 14.4. The minimum Gasteiger partial charge on any atom is -0.296 e. The second-order valence-corrected chi connectivity index (χ2v) is 6.74. The highest BCUT2D eigenvalue weighted by Crippen LogP contribution is 2.45. The third-order valence-corrected chi connectivity index (χ3v) is 5.01. The van der Waals surface area contributed by atoms with E-state index in [2.05, 4.69) is 26.5 Å². The Balaban J connectivity index is 2.10. The lowest BCUT2D eigenvalue weighted by Gasteiger charge is -2.37. The van der Waals surface area contributed by atoms with Gasteiger partial charge in [-0.3, -0.25) is 5.43 Å². The van der Waals surface area contributed by atoms with Crippen LogP contribution < -0.4 is 5.43 Å². The molecule has 2 aliphatic rings. The van der Waals surface area contributed by atoms with Gasteiger partial charge in [0.2, 0.25) is 0 Å². The summed E-state index contributed by atoms with van der Waals surface area (Å²) in [5.41, 5.74) is 4.42. The molecule has 122 valence electrons. The van der Waals surface area contributed by atoms with Crippen LogP contribution in [0.3, 0.4) is 0 Å². The van der Waals surface area contributed by atoms with Crippen LogP contribution in [0.25, 0.3) is 0 Å². The first-order valence-corrected chi connectivity index (χ1v) is 8.29. The van der Waals surface area contributed by atoms with Crippen LogP contribution in [0.5, 0.6) is 0 Å². The molecule has 1 aliphatic heterocycles. The fourth-order valence-electron chi connectivity index (χ4n) is 3.22. The molecule has 0 bridgehead atoms. The molecule has 0 saturated carbocycles. The Hall–Kier alpha value is -1.56. The van der Waals surface area contributed by atoms with Gasteiger partial charge in [0.25, 0.3) is 0 Å². The highest BCUT2D eigenvalue weighted by Gasteiger charge is 2.41. The van der Waals surface area contributed by atoms with Gasteiger partial charge in [-0.1, -0.05) is 46.3 Å². The first-order chi connectivity index (χ1) is 11.0. The van der Waals surface area contributed by atoms with Gasteiger partial charge in [0.1, 0.15) is 22.8 Å². The molecule has 3 rings (SSSR count). The monoisotopic (exact) mass is 384 g/mol. The van der Waals surface area contributed by atoms with Crippen LogP contribution in [-0.2, 0) is 0 Å². The van der Waals surface area contributed by atoms with Crippen molar-refractivity contribution in [3.05, 3.63) is 59.2 Å². The molecule has 6 heteroatoms. The van der Waals surface area contributed by atoms with E-state index in [0.717, 1.165) is 17.4 Å². The van der Waals surface area contributed by atoms with Crippen LogP contribution >= 0.6 is 15.9 Å². The van der Waals surface area contributed by atoms with Crippen molar-refractivity contribution in [2.45, 2.75) is 30.4 Å². The summed E-state index contributed by atoms with van der Waals surface area (Å²) in [6.45, 7) is 1.82. The van der Waals surface area contributed by atoms with Crippen molar-refractivity contribution < 1.29 is 13.2 Å². The maximum absolute atomic E-state index is 14.4. The molecule has 1 aliphatic carbocycles. The zero-order valence-corrected chi connectivity index (χ0v) is 14.0. The van der Waals surface area contributed by atoms with E-state index in [-0.39, 0.29) is 11.5 Å². The quantitative estimate of drug-likeness (QED) is 0.568. The highest BCUT2D eigenvalue weighted by atomic mass is 79.9. The standard InChI is InChI=1S/C17H16BrF3N2/c1-9-14(10-5-3-2-4-6-10)16(17(18)23-22-9)15-12(20)7-11(19)8-13(15)21/h2-7,11,14,16-17,23H,8H2,1H3. The number of alkyl halides is 2. The molecule has 4 atom stereocenters. The van der Waals surface area contributed by atoms with Gasteiger partial charge in [0.15, 0.2) is 0 Å². The summed E-state index contributed by atoms with van der Waals surface area (Å²) in [5.74, 6) is -2.41. The van der Waals surface area contributed by atoms with Gasteiger partial charge in [-0.25, -0.2) is 13.2 Å². The SMILES string of the molecule is CC1=NNC(Br)C(C2=C(F)CC(F)C=C2F)C1c1ccccc1. The summed E-state index contributed by atoms with van der Waals surface area (Å²) < 4.78 is 42.1. The smallest absolute Gasteiger partial charge is 0.128 e. The summed E-state index contributed by atoms with van der Waals surface area (Å²) >= 11 is 3.42. The zero-order valence-electron chi connectivity index (χ0n) is 12.4. The number of hydrazone groups is 1. The Kier molecular flexibility index (Phi) is 4.62. The van der Waals surface area contributed by atoms with E-state index < -0.39 is 35.1 Å². The minimum atomic E-state index is -1.62. The van der Waals surface area contributed by atoms with Crippen molar-refractivity contribution in [1.29, 1.82) is 0 Å². The topological polar surface area (TPSA) is 24.4 Å². The molecule has 1 aromatic carbocycles. The molecule has 0 radical (unpaired) electrons. The molecule has 0 saturated heterocycles. The molecule has 0 spiro atoms. The number of allylic oxidation sites excluding steroid dienone is 3.